The molecule has 0 spiro atoms. The maximum absolute atomic E-state index is 9.98. The molecule has 0 N–H and O–H groups in total. The highest BCUT2D eigenvalue weighted by Gasteiger charge is 2.20. The number of rotatable bonds is 5. The maximum atomic E-state index is 9.98. The molecule has 0 saturated heterocycles. The standard InChI is InChI=1S/C42H23N7/c1-45-36-18-10-16-32(26-44)39(36)30-20-22-38-35(24-30)34-23-29(33-17-9-8-15-31(33)25-43)19-21-37(34)49(38)42-47-40(27-11-4-2-5-12-27)46-41(48-42)28-13-6-3-7-14-28/h2-24H. The first kappa shape index (κ1) is 29.0. The fraction of sp³-hybridized carbons (Fsp3) is 0. The van der Waals surface area contributed by atoms with Gasteiger partial charge in [-0.25, -0.2) is 9.83 Å². The van der Waals surface area contributed by atoms with Crippen molar-refractivity contribution >= 4 is 27.5 Å². The second kappa shape index (κ2) is 12.1. The molecule has 0 fully saturated rings. The monoisotopic (exact) mass is 625 g/mol. The van der Waals surface area contributed by atoms with Gasteiger partial charge >= 0.3 is 0 Å². The third-order valence-electron chi connectivity index (χ3n) is 8.58. The summed E-state index contributed by atoms with van der Waals surface area (Å²) in [4.78, 5) is 18.7. The zero-order valence-corrected chi connectivity index (χ0v) is 25.9. The fourth-order valence-electron chi connectivity index (χ4n) is 6.32. The van der Waals surface area contributed by atoms with Crippen LogP contribution in [0.15, 0.2) is 140 Å². The molecule has 226 valence electrons. The lowest BCUT2D eigenvalue weighted by Crippen LogP contribution is -2.06. The molecule has 6 aromatic carbocycles. The van der Waals surface area contributed by atoms with Gasteiger partial charge in [0.05, 0.1) is 35.3 Å². The van der Waals surface area contributed by atoms with E-state index >= 15 is 0 Å². The highest BCUT2D eigenvalue weighted by molar-refractivity contribution is 6.12. The van der Waals surface area contributed by atoms with Crippen LogP contribution in [0.1, 0.15) is 11.1 Å². The van der Waals surface area contributed by atoms with E-state index in [9.17, 15) is 10.5 Å². The zero-order chi connectivity index (χ0) is 33.3. The number of nitrogens with zero attached hydrogens (tertiary/aromatic N) is 7. The summed E-state index contributed by atoms with van der Waals surface area (Å²) < 4.78 is 2.03. The van der Waals surface area contributed by atoms with Gasteiger partial charge in [0.15, 0.2) is 17.3 Å². The van der Waals surface area contributed by atoms with Crippen LogP contribution in [0, 0.1) is 29.2 Å². The van der Waals surface area contributed by atoms with Gasteiger partial charge in [0.2, 0.25) is 5.95 Å². The summed E-state index contributed by atoms with van der Waals surface area (Å²) in [7, 11) is 0. The van der Waals surface area contributed by atoms with Gasteiger partial charge in [0.25, 0.3) is 0 Å². The van der Waals surface area contributed by atoms with Crippen molar-refractivity contribution in [2.75, 3.05) is 0 Å². The minimum absolute atomic E-state index is 0.406. The van der Waals surface area contributed by atoms with Crippen molar-refractivity contribution in [1.29, 1.82) is 10.5 Å². The van der Waals surface area contributed by atoms with Crippen LogP contribution in [-0.4, -0.2) is 19.5 Å². The Morgan fingerprint density at radius 3 is 1.69 bits per heavy atom. The minimum atomic E-state index is 0.406. The summed E-state index contributed by atoms with van der Waals surface area (Å²) in [5, 5.41) is 21.7. The van der Waals surface area contributed by atoms with E-state index in [1.165, 1.54) is 0 Å². The number of benzene rings is 6. The number of hydrogen-bond acceptors (Lipinski definition) is 5. The van der Waals surface area contributed by atoms with E-state index in [0.717, 1.165) is 49.6 Å². The predicted molar refractivity (Wildman–Crippen MR) is 192 cm³/mol. The third-order valence-corrected chi connectivity index (χ3v) is 8.58. The molecule has 0 saturated carbocycles. The molecule has 8 aromatic rings. The van der Waals surface area contributed by atoms with Gasteiger partial charge in [-0.1, -0.05) is 103 Å². The lowest BCUT2D eigenvalue weighted by atomic mass is 9.95. The molecule has 2 aromatic heterocycles. The lowest BCUT2D eigenvalue weighted by Gasteiger charge is -2.11. The molecule has 0 radical (unpaired) electrons. The zero-order valence-electron chi connectivity index (χ0n) is 25.9. The van der Waals surface area contributed by atoms with Crippen LogP contribution in [0.3, 0.4) is 0 Å². The maximum Gasteiger partial charge on any atom is 0.238 e. The Bertz CT molecular complexity index is 2600. The molecule has 8 rings (SSSR count). The van der Waals surface area contributed by atoms with Gasteiger partial charge in [-0.2, -0.15) is 20.5 Å². The van der Waals surface area contributed by atoms with Gasteiger partial charge in [-0.05, 0) is 53.1 Å². The summed E-state index contributed by atoms with van der Waals surface area (Å²) in [6, 6.07) is 49.0. The predicted octanol–water partition coefficient (Wildman–Crippen LogP) is 9.93. The van der Waals surface area contributed by atoms with Gasteiger partial charge in [0, 0.05) is 33.0 Å². The molecular weight excluding hydrogens is 603 g/mol. The lowest BCUT2D eigenvalue weighted by molar-refractivity contribution is 0.953. The molecule has 0 unspecified atom stereocenters. The SMILES string of the molecule is [C-]#[N+]c1cccc(C#N)c1-c1ccc2c(c1)c1cc(-c3ccccc3C#N)ccc1n2-c1nc(-c2ccccc2)nc(-c2ccccc2)n1. The number of nitriles is 2. The van der Waals surface area contributed by atoms with E-state index in [1.54, 1.807) is 18.2 Å². The number of aromatic nitrogens is 4. The molecule has 0 aliphatic carbocycles. The van der Waals surface area contributed by atoms with Crippen LogP contribution in [0.4, 0.5) is 5.69 Å². The molecule has 7 heteroatoms. The van der Waals surface area contributed by atoms with E-state index in [-0.39, 0.29) is 0 Å². The second-order valence-electron chi connectivity index (χ2n) is 11.4. The molecule has 0 bridgehead atoms. The van der Waals surface area contributed by atoms with Crippen molar-refractivity contribution < 1.29 is 0 Å². The molecule has 7 nitrogen and oxygen atoms in total. The molecule has 0 amide bonds. The van der Waals surface area contributed by atoms with Crippen molar-refractivity contribution in [2.45, 2.75) is 0 Å². The van der Waals surface area contributed by atoms with Gasteiger partial charge < -0.3 is 0 Å². The Labute approximate surface area is 282 Å². The van der Waals surface area contributed by atoms with Gasteiger partial charge in [0.1, 0.15) is 0 Å². The Hall–Kier alpha value is -7.40. The highest BCUT2D eigenvalue weighted by Crippen LogP contribution is 2.40. The molecular formula is C42H23N7. The second-order valence-corrected chi connectivity index (χ2v) is 11.4. The first-order valence-electron chi connectivity index (χ1n) is 15.5. The van der Waals surface area contributed by atoms with Crippen molar-refractivity contribution in [3.8, 4) is 63.1 Å². The molecule has 49 heavy (non-hydrogen) atoms. The van der Waals surface area contributed by atoms with Crippen molar-refractivity contribution in [3.63, 3.8) is 0 Å². The van der Waals surface area contributed by atoms with Gasteiger partial charge in [-0.3, -0.25) is 4.57 Å². The Morgan fingerprint density at radius 1 is 0.531 bits per heavy atom. The van der Waals surface area contributed by atoms with Crippen molar-refractivity contribution in [3.05, 3.63) is 162 Å². The largest absolute Gasteiger partial charge is 0.278 e. The Morgan fingerprint density at radius 2 is 1.08 bits per heavy atom. The van der Waals surface area contributed by atoms with E-state index < -0.39 is 0 Å². The Balaban J connectivity index is 1.45. The van der Waals surface area contributed by atoms with Gasteiger partial charge in [-0.15, -0.1) is 0 Å². The molecule has 0 aliphatic heterocycles. The smallest absolute Gasteiger partial charge is 0.238 e. The fourth-order valence-corrected chi connectivity index (χ4v) is 6.32. The summed E-state index contributed by atoms with van der Waals surface area (Å²) in [5.74, 6) is 1.53. The average Bonchev–Trinajstić information content (AvgIpc) is 3.51. The van der Waals surface area contributed by atoms with E-state index in [1.807, 2.05) is 120 Å². The van der Waals surface area contributed by atoms with Crippen molar-refractivity contribution in [1.82, 2.24) is 19.5 Å². The first-order chi connectivity index (χ1) is 24.2. The normalized spacial score (nSPS) is 10.8. The quantitative estimate of drug-likeness (QED) is 0.177. The topological polar surface area (TPSA) is 95.5 Å². The van der Waals surface area contributed by atoms with Crippen LogP contribution < -0.4 is 0 Å². The molecule has 0 aliphatic rings. The molecule has 2 heterocycles. The first-order valence-corrected chi connectivity index (χ1v) is 15.5. The summed E-state index contributed by atoms with van der Waals surface area (Å²) in [6.45, 7) is 7.82. The van der Waals surface area contributed by atoms with Crippen molar-refractivity contribution in [2.24, 2.45) is 0 Å². The number of fused-ring (bicyclic) bond motifs is 3. The van der Waals surface area contributed by atoms with Crippen LogP contribution in [0.25, 0.3) is 77.6 Å². The highest BCUT2D eigenvalue weighted by atomic mass is 15.2. The van der Waals surface area contributed by atoms with E-state index in [0.29, 0.717) is 40.0 Å². The summed E-state index contributed by atoms with van der Waals surface area (Å²) in [5.41, 5.74) is 7.89. The van der Waals surface area contributed by atoms with Crippen LogP contribution in [0.5, 0.6) is 0 Å². The molecule has 0 atom stereocenters. The average molecular weight is 626 g/mol. The Kier molecular flexibility index (Phi) is 7.16. The summed E-state index contributed by atoms with van der Waals surface area (Å²) >= 11 is 0. The van der Waals surface area contributed by atoms with E-state index in [4.69, 9.17) is 21.5 Å². The van der Waals surface area contributed by atoms with E-state index in [2.05, 4.69) is 23.0 Å². The summed E-state index contributed by atoms with van der Waals surface area (Å²) in [6.07, 6.45) is 0. The number of hydrogen-bond donors (Lipinski definition) is 0. The third kappa shape index (κ3) is 5.04. The van der Waals surface area contributed by atoms with Crippen LogP contribution in [-0.2, 0) is 0 Å². The van der Waals surface area contributed by atoms with Crippen LogP contribution >= 0.6 is 0 Å². The minimum Gasteiger partial charge on any atom is -0.278 e. The van der Waals surface area contributed by atoms with Crippen LogP contribution in [0.2, 0.25) is 0 Å².